The fraction of sp³-hybridized carbons (Fsp3) is 0.263. The molecule has 0 atom stereocenters. The molecule has 0 N–H and O–H groups in total. The van der Waals surface area contributed by atoms with Crippen LogP contribution in [0.25, 0.3) is 6.08 Å². The largest absolute Gasteiger partial charge is 0.0843 e. The Balaban J connectivity index is 1.99. The molecule has 1 heteroatoms. The van der Waals surface area contributed by atoms with Crippen LogP contribution in [0.2, 0.25) is 5.02 Å². The number of hydrogen-bond donors (Lipinski definition) is 0. The summed E-state index contributed by atoms with van der Waals surface area (Å²) in [5.41, 5.74) is 4.12. The van der Waals surface area contributed by atoms with Crippen molar-refractivity contribution >= 4 is 17.7 Å². The lowest BCUT2D eigenvalue weighted by Gasteiger charge is -2.18. The van der Waals surface area contributed by atoms with E-state index >= 15 is 0 Å². The summed E-state index contributed by atoms with van der Waals surface area (Å²) in [4.78, 5) is 0. The average molecular weight is 285 g/mol. The Labute approximate surface area is 127 Å². The van der Waals surface area contributed by atoms with E-state index in [0.717, 1.165) is 11.4 Å². The van der Waals surface area contributed by atoms with Crippen molar-refractivity contribution in [3.05, 3.63) is 76.3 Å². The van der Waals surface area contributed by atoms with Gasteiger partial charge in [0.25, 0.3) is 0 Å². The molecule has 0 aromatic heterocycles. The average Bonchev–Trinajstić information content (AvgIpc) is 2.41. The Bertz CT molecular complexity index is 569. The molecule has 0 aliphatic carbocycles. The minimum atomic E-state index is 0.220. The molecule has 0 heterocycles. The second-order valence-corrected chi connectivity index (χ2v) is 6.54. The van der Waals surface area contributed by atoms with E-state index in [4.69, 9.17) is 11.6 Å². The van der Waals surface area contributed by atoms with E-state index in [2.05, 4.69) is 57.2 Å². The van der Waals surface area contributed by atoms with E-state index in [1.807, 2.05) is 24.3 Å². The van der Waals surface area contributed by atoms with Gasteiger partial charge in [-0.05, 0) is 40.7 Å². The molecule has 104 valence electrons. The molecule has 0 nitrogen and oxygen atoms in total. The summed E-state index contributed by atoms with van der Waals surface area (Å²) in [5.74, 6) is 0. The SMILES string of the molecule is CC(C)(C)c1ccc(C/C=C/c2ccc(Cl)cc2)cc1. The molecule has 0 radical (unpaired) electrons. The zero-order valence-electron chi connectivity index (χ0n) is 12.4. The Morgan fingerprint density at radius 2 is 1.50 bits per heavy atom. The van der Waals surface area contributed by atoms with Gasteiger partial charge in [0.15, 0.2) is 0 Å². The van der Waals surface area contributed by atoms with Crippen LogP contribution >= 0.6 is 11.6 Å². The van der Waals surface area contributed by atoms with Gasteiger partial charge in [-0.3, -0.25) is 0 Å². The van der Waals surface area contributed by atoms with Gasteiger partial charge in [-0.25, -0.2) is 0 Å². The summed E-state index contributed by atoms with van der Waals surface area (Å²) >= 11 is 5.87. The number of benzene rings is 2. The first kappa shape index (κ1) is 14.9. The fourth-order valence-corrected chi connectivity index (χ4v) is 2.17. The van der Waals surface area contributed by atoms with Crippen molar-refractivity contribution in [1.29, 1.82) is 0 Å². The van der Waals surface area contributed by atoms with Gasteiger partial charge in [-0.2, -0.15) is 0 Å². The van der Waals surface area contributed by atoms with Crippen LogP contribution in [0.15, 0.2) is 54.6 Å². The zero-order chi connectivity index (χ0) is 14.6. The third-order valence-electron chi connectivity index (χ3n) is 3.35. The van der Waals surface area contributed by atoms with Gasteiger partial charge in [0, 0.05) is 5.02 Å². The minimum absolute atomic E-state index is 0.220. The molecule has 0 saturated carbocycles. The quantitative estimate of drug-likeness (QED) is 0.659. The minimum Gasteiger partial charge on any atom is -0.0843 e. The highest BCUT2D eigenvalue weighted by Gasteiger charge is 2.12. The van der Waals surface area contributed by atoms with E-state index in [1.54, 1.807) is 0 Å². The highest BCUT2D eigenvalue weighted by atomic mass is 35.5. The van der Waals surface area contributed by atoms with E-state index < -0.39 is 0 Å². The maximum atomic E-state index is 5.87. The first-order valence-corrected chi connectivity index (χ1v) is 7.34. The first-order valence-electron chi connectivity index (χ1n) is 6.97. The van der Waals surface area contributed by atoms with Gasteiger partial charge in [-0.15, -0.1) is 0 Å². The Kier molecular flexibility index (Phi) is 4.67. The number of rotatable bonds is 3. The Hall–Kier alpha value is -1.53. The normalized spacial score (nSPS) is 12.0. The molecule has 0 unspecified atom stereocenters. The molecule has 2 aromatic rings. The van der Waals surface area contributed by atoms with Crippen molar-refractivity contribution in [3.63, 3.8) is 0 Å². The standard InChI is InChI=1S/C19H21Cl/c1-19(2,3)17-11-7-15(8-12-17)5-4-6-16-9-13-18(20)14-10-16/h4,6-14H,5H2,1-3H3/b6-4+. The van der Waals surface area contributed by atoms with Gasteiger partial charge in [0.1, 0.15) is 0 Å². The third kappa shape index (κ3) is 4.25. The molecule has 0 aliphatic heterocycles. The predicted molar refractivity (Wildman–Crippen MR) is 89.3 cm³/mol. The van der Waals surface area contributed by atoms with Crippen LogP contribution in [0.1, 0.15) is 37.5 Å². The Morgan fingerprint density at radius 1 is 0.900 bits per heavy atom. The smallest absolute Gasteiger partial charge is 0.0406 e. The monoisotopic (exact) mass is 284 g/mol. The molecule has 20 heavy (non-hydrogen) atoms. The van der Waals surface area contributed by atoms with Crippen LogP contribution in [-0.4, -0.2) is 0 Å². The van der Waals surface area contributed by atoms with Crippen LogP contribution in [0.4, 0.5) is 0 Å². The number of hydrogen-bond acceptors (Lipinski definition) is 0. The van der Waals surface area contributed by atoms with Gasteiger partial charge in [-0.1, -0.05) is 80.9 Å². The predicted octanol–water partition coefficient (Wildman–Crippen LogP) is 5.89. The van der Waals surface area contributed by atoms with E-state index in [-0.39, 0.29) is 5.41 Å². The van der Waals surface area contributed by atoms with Crippen molar-refractivity contribution in [3.8, 4) is 0 Å². The van der Waals surface area contributed by atoms with Crippen LogP contribution in [0.5, 0.6) is 0 Å². The second-order valence-electron chi connectivity index (χ2n) is 6.10. The molecule has 0 saturated heterocycles. The van der Waals surface area contributed by atoms with Crippen molar-refractivity contribution in [2.75, 3.05) is 0 Å². The maximum Gasteiger partial charge on any atom is 0.0406 e. The molecule has 0 aliphatic rings. The first-order chi connectivity index (χ1) is 9.45. The molecular formula is C19H21Cl. The van der Waals surface area contributed by atoms with Crippen LogP contribution < -0.4 is 0 Å². The molecule has 2 rings (SSSR count). The second kappa shape index (κ2) is 6.28. The summed E-state index contributed by atoms with van der Waals surface area (Å²) in [5, 5.41) is 0.778. The lowest BCUT2D eigenvalue weighted by atomic mass is 9.86. The summed E-state index contributed by atoms with van der Waals surface area (Å²) < 4.78 is 0. The van der Waals surface area contributed by atoms with E-state index in [9.17, 15) is 0 Å². The summed E-state index contributed by atoms with van der Waals surface area (Å²) in [6.07, 6.45) is 5.27. The van der Waals surface area contributed by atoms with Crippen molar-refractivity contribution in [2.24, 2.45) is 0 Å². The fourth-order valence-electron chi connectivity index (χ4n) is 2.05. The summed E-state index contributed by atoms with van der Waals surface area (Å²) in [6.45, 7) is 6.72. The van der Waals surface area contributed by atoms with E-state index in [1.165, 1.54) is 16.7 Å². The van der Waals surface area contributed by atoms with Gasteiger partial charge in [0.2, 0.25) is 0 Å². The van der Waals surface area contributed by atoms with Crippen molar-refractivity contribution in [1.82, 2.24) is 0 Å². The van der Waals surface area contributed by atoms with Crippen LogP contribution in [0, 0.1) is 0 Å². The van der Waals surface area contributed by atoms with Gasteiger partial charge >= 0.3 is 0 Å². The van der Waals surface area contributed by atoms with Gasteiger partial charge in [0.05, 0.1) is 0 Å². The maximum absolute atomic E-state index is 5.87. The van der Waals surface area contributed by atoms with E-state index in [0.29, 0.717) is 0 Å². The molecule has 0 fully saturated rings. The highest BCUT2D eigenvalue weighted by molar-refractivity contribution is 6.30. The third-order valence-corrected chi connectivity index (χ3v) is 3.61. The lowest BCUT2D eigenvalue weighted by molar-refractivity contribution is 0.590. The molecule has 0 bridgehead atoms. The molecular weight excluding hydrogens is 264 g/mol. The Morgan fingerprint density at radius 3 is 2.05 bits per heavy atom. The summed E-state index contributed by atoms with van der Waals surface area (Å²) in [7, 11) is 0. The lowest BCUT2D eigenvalue weighted by Crippen LogP contribution is -2.10. The molecule has 0 amide bonds. The summed E-state index contributed by atoms with van der Waals surface area (Å²) in [6, 6.07) is 16.8. The van der Waals surface area contributed by atoms with Crippen molar-refractivity contribution < 1.29 is 0 Å². The van der Waals surface area contributed by atoms with Crippen LogP contribution in [-0.2, 0) is 11.8 Å². The van der Waals surface area contributed by atoms with Crippen LogP contribution in [0.3, 0.4) is 0 Å². The topological polar surface area (TPSA) is 0 Å². The van der Waals surface area contributed by atoms with Crippen molar-refractivity contribution in [2.45, 2.75) is 32.6 Å². The zero-order valence-corrected chi connectivity index (χ0v) is 13.1. The number of allylic oxidation sites excluding steroid dienone is 1. The number of halogens is 1. The molecule has 0 spiro atoms. The highest BCUT2D eigenvalue weighted by Crippen LogP contribution is 2.22. The van der Waals surface area contributed by atoms with Gasteiger partial charge < -0.3 is 0 Å². The molecule has 2 aromatic carbocycles.